The number of hydrogen-bond acceptors (Lipinski definition) is 3. The summed E-state index contributed by atoms with van der Waals surface area (Å²) in [6, 6.07) is 5.86. The van der Waals surface area contributed by atoms with Crippen LogP contribution in [0.4, 0.5) is 0 Å². The van der Waals surface area contributed by atoms with Gasteiger partial charge in [0.1, 0.15) is 5.75 Å². The number of nitrogens with one attached hydrogen (secondary N) is 1. The summed E-state index contributed by atoms with van der Waals surface area (Å²) in [7, 11) is 0. The molecule has 0 aromatic heterocycles. The van der Waals surface area contributed by atoms with Crippen molar-refractivity contribution in [3.05, 3.63) is 29.3 Å². The third-order valence-electron chi connectivity index (χ3n) is 2.11. The average Bonchev–Trinajstić information content (AvgIpc) is 2.22. The molecule has 0 unspecified atom stereocenters. The van der Waals surface area contributed by atoms with E-state index < -0.39 is 0 Å². The van der Waals surface area contributed by atoms with Crippen molar-refractivity contribution in [1.29, 1.82) is 5.26 Å². The molecule has 1 aromatic rings. The van der Waals surface area contributed by atoms with Gasteiger partial charge >= 0.3 is 0 Å². The Morgan fingerprint density at radius 2 is 2.25 bits per heavy atom. The van der Waals surface area contributed by atoms with Crippen LogP contribution in [0.25, 0.3) is 0 Å². The molecule has 0 heterocycles. The first-order valence-electron chi connectivity index (χ1n) is 5.01. The largest absolute Gasteiger partial charge is 0.493 e. The van der Waals surface area contributed by atoms with E-state index in [-0.39, 0.29) is 18.9 Å². The van der Waals surface area contributed by atoms with Crippen LogP contribution >= 0.6 is 0 Å². The smallest absolute Gasteiger partial charge is 0.236 e. The van der Waals surface area contributed by atoms with Gasteiger partial charge in [0.25, 0.3) is 0 Å². The number of carbonyl (C=O) groups excluding carboxylic acids is 1. The fourth-order valence-electron chi connectivity index (χ4n) is 1.34. The molecular formula is C12H14N2O2. The van der Waals surface area contributed by atoms with Crippen LogP contribution in [0.2, 0.25) is 0 Å². The van der Waals surface area contributed by atoms with Gasteiger partial charge in [-0.25, -0.2) is 0 Å². The minimum Gasteiger partial charge on any atom is -0.493 e. The highest BCUT2D eigenvalue weighted by atomic mass is 16.5. The molecule has 84 valence electrons. The predicted octanol–water partition coefficient (Wildman–Crippen LogP) is 1.67. The predicted molar refractivity (Wildman–Crippen MR) is 59.8 cm³/mol. The van der Waals surface area contributed by atoms with Gasteiger partial charge in [0, 0.05) is 0 Å². The number of carbonyl (C=O) groups is 1. The Morgan fingerprint density at radius 1 is 1.50 bits per heavy atom. The van der Waals surface area contributed by atoms with Gasteiger partial charge in [0.05, 0.1) is 13.0 Å². The summed E-state index contributed by atoms with van der Waals surface area (Å²) in [6.45, 7) is 4.24. The highest BCUT2D eigenvalue weighted by Gasteiger charge is 2.02. The molecule has 0 atom stereocenters. The quantitative estimate of drug-likeness (QED) is 0.617. The van der Waals surface area contributed by atoms with Crippen LogP contribution in [-0.4, -0.2) is 12.5 Å². The number of amides is 1. The fraction of sp³-hybridized carbons (Fsp3) is 0.333. The molecule has 4 heteroatoms. The second-order valence-corrected chi connectivity index (χ2v) is 3.53. The molecule has 0 spiro atoms. The maximum Gasteiger partial charge on any atom is 0.236 e. The van der Waals surface area contributed by atoms with E-state index in [2.05, 4.69) is 0 Å². The number of rotatable bonds is 4. The minimum absolute atomic E-state index is 0.181. The molecule has 0 aliphatic carbocycles. The van der Waals surface area contributed by atoms with Crippen molar-refractivity contribution in [1.82, 2.24) is 5.32 Å². The summed E-state index contributed by atoms with van der Waals surface area (Å²) in [5.41, 5.74) is 2.22. The van der Waals surface area contributed by atoms with Crippen LogP contribution < -0.4 is 10.1 Å². The molecular weight excluding hydrogens is 204 g/mol. The van der Waals surface area contributed by atoms with Crippen LogP contribution in [0.5, 0.6) is 5.75 Å². The first kappa shape index (κ1) is 12.1. The van der Waals surface area contributed by atoms with Crippen molar-refractivity contribution in [3.63, 3.8) is 0 Å². The first-order chi connectivity index (χ1) is 7.63. The first-order valence-corrected chi connectivity index (χ1v) is 5.01. The summed E-state index contributed by atoms with van der Waals surface area (Å²) in [4.78, 5) is 11.0. The zero-order chi connectivity index (χ0) is 12.0. The SMILES string of the molecule is Cc1ccc(OCCC(=O)NC#N)c(C)c1. The maximum atomic E-state index is 11.0. The minimum atomic E-state index is -0.327. The molecule has 4 nitrogen and oxygen atoms in total. The Balaban J connectivity index is 2.44. The molecule has 1 amide bonds. The monoisotopic (exact) mass is 218 g/mol. The lowest BCUT2D eigenvalue weighted by Crippen LogP contribution is -2.19. The lowest BCUT2D eigenvalue weighted by molar-refractivity contribution is -0.120. The van der Waals surface area contributed by atoms with E-state index in [0.29, 0.717) is 0 Å². The van der Waals surface area contributed by atoms with Crippen molar-refractivity contribution in [3.8, 4) is 11.9 Å². The molecule has 0 radical (unpaired) electrons. The van der Waals surface area contributed by atoms with Crippen molar-refractivity contribution in [2.75, 3.05) is 6.61 Å². The summed E-state index contributed by atoms with van der Waals surface area (Å²) >= 11 is 0. The topological polar surface area (TPSA) is 62.1 Å². The van der Waals surface area contributed by atoms with Crippen LogP contribution in [0, 0.1) is 25.3 Å². The second kappa shape index (κ2) is 5.76. The third-order valence-corrected chi connectivity index (χ3v) is 2.11. The summed E-state index contributed by atoms with van der Waals surface area (Å²) in [6.07, 6.45) is 1.76. The van der Waals surface area contributed by atoms with E-state index in [1.54, 1.807) is 6.19 Å². The van der Waals surface area contributed by atoms with Crippen molar-refractivity contribution in [2.24, 2.45) is 0 Å². The number of benzene rings is 1. The van der Waals surface area contributed by atoms with Crippen molar-refractivity contribution >= 4 is 5.91 Å². The lowest BCUT2D eigenvalue weighted by atomic mass is 10.1. The van der Waals surface area contributed by atoms with Gasteiger partial charge in [-0.15, -0.1) is 0 Å². The summed E-state index contributed by atoms with van der Waals surface area (Å²) < 4.78 is 5.44. The molecule has 1 rings (SSSR count). The van der Waals surface area contributed by atoms with Crippen LogP contribution in [0.15, 0.2) is 18.2 Å². The molecule has 0 fully saturated rings. The normalized spacial score (nSPS) is 9.31. The molecule has 1 aromatic carbocycles. The standard InChI is InChI=1S/C12H14N2O2/c1-9-3-4-11(10(2)7-9)16-6-5-12(15)14-8-13/h3-4,7H,5-6H2,1-2H3,(H,14,15). The van der Waals surface area contributed by atoms with Gasteiger partial charge in [0.15, 0.2) is 6.19 Å². The van der Waals surface area contributed by atoms with Gasteiger partial charge in [-0.3, -0.25) is 10.1 Å². The molecule has 16 heavy (non-hydrogen) atoms. The number of nitriles is 1. The third kappa shape index (κ3) is 3.62. The van der Waals surface area contributed by atoms with Crippen LogP contribution in [0.1, 0.15) is 17.5 Å². The second-order valence-electron chi connectivity index (χ2n) is 3.53. The number of aryl methyl sites for hydroxylation is 2. The van der Waals surface area contributed by atoms with Gasteiger partial charge in [-0.2, -0.15) is 5.26 Å². The Labute approximate surface area is 94.8 Å². The van der Waals surface area contributed by atoms with E-state index in [0.717, 1.165) is 11.3 Å². The summed E-state index contributed by atoms with van der Waals surface area (Å²) in [5.74, 6) is 0.447. The van der Waals surface area contributed by atoms with Crippen molar-refractivity contribution < 1.29 is 9.53 Å². The molecule has 0 aliphatic rings. The van der Waals surface area contributed by atoms with Gasteiger partial charge in [-0.05, 0) is 25.5 Å². The van der Waals surface area contributed by atoms with E-state index in [1.807, 2.05) is 37.4 Å². The molecule has 1 N–H and O–H groups in total. The van der Waals surface area contributed by atoms with Gasteiger partial charge in [0.2, 0.25) is 5.91 Å². The fourth-order valence-corrected chi connectivity index (χ4v) is 1.34. The summed E-state index contributed by atoms with van der Waals surface area (Å²) in [5, 5.41) is 10.2. The Kier molecular flexibility index (Phi) is 4.34. The van der Waals surface area contributed by atoms with E-state index in [9.17, 15) is 4.79 Å². The Hall–Kier alpha value is -2.02. The van der Waals surface area contributed by atoms with E-state index in [4.69, 9.17) is 10.00 Å². The zero-order valence-electron chi connectivity index (χ0n) is 9.41. The van der Waals surface area contributed by atoms with E-state index in [1.165, 1.54) is 5.56 Å². The van der Waals surface area contributed by atoms with Gasteiger partial charge < -0.3 is 4.74 Å². The van der Waals surface area contributed by atoms with Crippen LogP contribution in [0.3, 0.4) is 0 Å². The van der Waals surface area contributed by atoms with Gasteiger partial charge in [-0.1, -0.05) is 17.7 Å². The molecule has 0 bridgehead atoms. The number of hydrogen-bond donors (Lipinski definition) is 1. The molecule has 0 aliphatic heterocycles. The average molecular weight is 218 g/mol. The van der Waals surface area contributed by atoms with E-state index >= 15 is 0 Å². The zero-order valence-corrected chi connectivity index (χ0v) is 9.41. The van der Waals surface area contributed by atoms with Crippen molar-refractivity contribution in [2.45, 2.75) is 20.3 Å². The van der Waals surface area contributed by atoms with Crippen LogP contribution in [-0.2, 0) is 4.79 Å². The highest BCUT2D eigenvalue weighted by Crippen LogP contribution is 2.18. The number of nitrogens with zero attached hydrogens (tertiary/aromatic N) is 1. The Bertz CT molecular complexity index is 422. The molecule has 0 saturated carbocycles. The lowest BCUT2D eigenvalue weighted by Gasteiger charge is -2.08. The maximum absolute atomic E-state index is 11.0. The Morgan fingerprint density at radius 3 is 2.88 bits per heavy atom. The highest BCUT2D eigenvalue weighted by molar-refractivity contribution is 5.77. The molecule has 0 saturated heterocycles. The number of ether oxygens (including phenoxy) is 1.